The van der Waals surface area contributed by atoms with E-state index in [1.165, 1.54) is 14.2 Å². The van der Waals surface area contributed by atoms with Crippen LogP contribution in [0.5, 0.6) is 5.75 Å². The van der Waals surface area contributed by atoms with E-state index in [1.807, 2.05) is 6.07 Å². The standard InChI is InChI=1S/C23H26N2O7/c1-25(2)17-12-9-11-8-10-6-5-7-13(31-3)14(10)18(26)15(11)20(27)23(12,30)21(28)16(22(24)29)19(17)32-4/h5-7,11-12,17,26,30H,8-9H2,1-4H3,(H2,24,29)/t11-,12-,17-,23-/m0/s1. The minimum Gasteiger partial charge on any atom is -0.507 e. The summed E-state index contributed by atoms with van der Waals surface area (Å²) in [7, 11) is 6.17. The van der Waals surface area contributed by atoms with Crippen molar-refractivity contribution in [1.82, 2.24) is 4.90 Å². The van der Waals surface area contributed by atoms with Gasteiger partial charge in [0, 0.05) is 11.5 Å². The second-order valence-corrected chi connectivity index (χ2v) is 8.64. The quantitative estimate of drug-likeness (QED) is 0.449. The molecule has 1 saturated carbocycles. The van der Waals surface area contributed by atoms with Crippen LogP contribution in [0.15, 0.2) is 35.1 Å². The Balaban J connectivity index is 1.96. The van der Waals surface area contributed by atoms with Gasteiger partial charge < -0.3 is 25.4 Å². The minimum atomic E-state index is -2.55. The van der Waals surface area contributed by atoms with Gasteiger partial charge in [-0.1, -0.05) is 12.1 Å². The van der Waals surface area contributed by atoms with E-state index < -0.39 is 46.5 Å². The molecule has 9 nitrogen and oxygen atoms in total. The fraction of sp³-hybridized carbons (Fsp3) is 0.435. The second kappa shape index (κ2) is 7.46. The van der Waals surface area contributed by atoms with E-state index in [-0.39, 0.29) is 23.5 Å². The molecule has 4 rings (SSSR count). The van der Waals surface area contributed by atoms with Crippen molar-refractivity contribution in [2.75, 3.05) is 28.3 Å². The first-order valence-corrected chi connectivity index (χ1v) is 10.2. The van der Waals surface area contributed by atoms with Crippen LogP contribution in [0.2, 0.25) is 0 Å². The summed E-state index contributed by atoms with van der Waals surface area (Å²) in [6.07, 6.45) is 0.638. The van der Waals surface area contributed by atoms with Gasteiger partial charge in [0.1, 0.15) is 22.8 Å². The summed E-state index contributed by atoms with van der Waals surface area (Å²) in [4.78, 5) is 40.9. The number of nitrogens with zero attached hydrogens (tertiary/aromatic N) is 1. The third-order valence-corrected chi connectivity index (χ3v) is 6.86. The minimum absolute atomic E-state index is 0.0312. The van der Waals surface area contributed by atoms with E-state index in [2.05, 4.69) is 0 Å². The number of aliphatic hydroxyl groups is 2. The molecule has 4 atom stereocenters. The number of rotatable bonds is 4. The third-order valence-electron chi connectivity index (χ3n) is 6.86. The van der Waals surface area contributed by atoms with Crippen LogP contribution in [0, 0.1) is 11.8 Å². The molecule has 0 bridgehead atoms. The zero-order chi connectivity index (χ0) is 23.5. The topological polar surface area (TPSA) is 139 Å². The van der Waals surface area contributed by atoms with E-state index in [0.717, 1.165) is 5.56 Å². The number of ketones is 2. The van der Waals surface area contributed by atoms with Crippen LogP contribution in [-0.4, -0.2) is 72.5 Å². The normalized spacial score (nSPS) is 29.5. The number of nitrogens with two attached hydrogens (primary N) is 1. The van der Waals surface area contributed by atoms with Crippen LogP contribution in [0.25, 0.3) is 5.76 Å². The van der Waals surface area contributed by atoms with Gasteiger partial charge in [-0.3, -0.25) is 19.3 Å². The predicted molar refractivity (Wildman–Crippen MR) is 114 cm³/mol. The Morgan fingerprint density at radius 2 is 1.88 bits per heavy atom. The van der Waals surface area contributed by atoms with Crippen LogP contribution >= 0.6 is 0 Å². The summed E-state index contributed by atoms with van der Waals surface area (Å²) in [5.74, 6) is -4.34. The van der Waals surface area contributed by atoms with Gasteiger partial charge >= 0.3 is 0 Å². The van der Waals surface area contributed by atoms with Crippen molar-refractivity contribution in [3.63, 3.8) is 0 Å². The second-order valence-electron chi connectivity index (χ2n) is 8.64. The van der Waals surface area contributed by atoms with Gasteiger partial charge in [0.25, 0.3) is 5.91 Å². The van der Waals surface area contributed by atoms with Crippen LogP contribution < -0.4 is 10.5 Å². The first kappa shape index (κ1) is 22.0. The zero-order valence-corrected chi connectivity index (χ0v) is 18.3. The number of hydrogen-bond acceptors (Lipinski definition) is 8. The molecule has 0 saturated heterocycles. The van der Waals surface area contributed by atoms with Crippen molar-refractivity contribution < 1.29 is 34.1 Å². The largest absolute Gasteiger partial charge is 0.507 e. The van der Waals surface area contributed by atoms with E-state index >= 15 is 0 Å². The summed E-state index contributed by atoms with van der Waals surface area (Å²) < 4.78 is 10.7. The molecule has 0 spiro atoms. The average molecular weight is 442 g/mol. The fourth-order valence-corrected chi connectivity index (χ4v) is 5.54. The van der Waals surface area contributed by atoms with Crippen molar-refractivity contribution in [1.29, 1.82) is 0 Å². The molecule has 4 N–H and O–H groups in total. The Bertz CT molecular complexity index is 1100. The van der Waals surface area contributed by atoms with Crippen molar-refractivity contribution >= 4 is 23.2 Å². The number of methoxy groups -OCH3 is 2. The molecular formula is C23H26N2O7. The molecule has 32 heavy (non-hydrogen) atoms. The lowest BCUT2D eigenvalue weighted by Gasteiger charge is -2.50. The number of benzene rings is 1. The lowest BCUT2D eigenvalue weighted by Crippen LogP contribution is -2.67. The highest BCUT2D eigenvalue weighted by Crippen LogP contribution is 2.52. The first-order chi connectivity index (χ1) is 15.1. The zero-order valence-electron chi connectivity index (χ0n) is 18.3. The van der Waals surface area contributed by atoms with Crippen LogP contribution in [0.3, 0.4) is 0 Å². The first-order valence-electron chi connectivity index (χ1n) is 10.2. The third kappa shape index (κ3) is 2.74. The van der Waals surface area contributed by atoms with E-state index in [1.54, 1.807) is 31.1 Å². The molecule has 170 valence electrons. The SMILES string of the molecule is COC1=C(C(N)=O)C(=O)[C@@]2(O)C(=O)C3=C(O)c4c(cccc4OC)C[C@H]3C[C@H]2[C@@H]1N(C)C. The molecule has 9 heteroatoms. The van der Waals surface area contributed by atoms with Crippen LogP contribution in [0.1, 0.15) is 17.5 Å². The van der Waals surface area contributed by atoms with E-state index in [4.69, 9.17) is 15.2 Å². The number of amides is 1. The molecule has 0 unspecified atom stereocenters. The summed E-state index contributed by atoms with van der Waals surface area (Å²) in [5, 5.41) is 22.7. The Morgan fingerprint density at radius 1 is 1.19 bits per heavy atom. The summed E-state index contributed by atoms with van der Waals surface area (Å²) in [6.45, 7) is 0. The number of likely N-dealkylation sites (N-methyl/N-ethyl adjacent to an activating group) is 1. The Labute approximate surface area is 185 Å². The highest BCUT2D eigenvalue weighted by atomic mass is 16.5. The number of hydrogen-bond donors (Lipinski definition) is 3. The van der Waals surface area contributed by atoms with Gasteiger partial charge in [-0.15, -0.1) is 0 Å². The number of aliphatic hydroxyl groups excluding tert-OH is 1. The fourth-order valence-electron chi connectivity index (χ4n) is 5.54. The maximum atomic E-state index is 13.7. The maximum absolute atomic E-state index is 13.7. The van der Waals surface area contributed by atoms with Gasteiger partial charge in [-0.2, -0.15) is 0 Å². The Morgan fingerprint density at radius 3 is 2.44 bits per heavy atom. The van der Waals surface area contributed by atoms with Crippen molar-refractivity contribution in [2.24, 2.45) is 17.6 Å². The number of primary amides is 1. The number of ether oxygens (including phenoxy) is 2. The summed E-state index contributed by atoms with van der Waals surface area (Å²) >= 11 is 0. The molecule has 0 heterocycles. The highest BCUT2D eigenvalue weighted by molar-refractivity contribution is 6.33. The van der Waals surface area contributed by atoms with Gasteiger partial charge in [-0.05, 0) is 44.5 Å². The average Bonchev–Trinajstić information content (AvgIpc) is 2.74. The van der Waals surface area contributed by atoms with Crippen LogP contribution in [0.4, 0.5) is 0 Å². The molecule has 0 radical (unpaired) electrons. The van der Waals surface area contributed by atoms with Gasteiger partial charge in [0.2, 0.25) is 11.6 Å². The molecule has 0 aliphatic heterocycles. The Kier molecular flexibility index (Phi) is 5.14. The molecular weight excluding hydrogens is 416 g/mol. The van der Waals surface area contributed by atoms with Crippen molar-refractivity contribution in [3.05, 3.63) is 46.2 Å². The molecule has 1 aromatic rings. The summed E-state index contributed by atoms with van der Waals surface area (Å²) in [5.41, 5.74) is 3.50. The molecule has 0 aromatic heterocycles. The van der Waals surface area contributed by atoms with E-state index in [0.29, 0.717) is 17.7 Å². The van der Waals surface area contributed by atoms with Crippen molar-refractivity contribution in [2.45, 2.75) is 24.5 Å². The monoisotopic (exact) mass is 442 g/mol. The maximum Gasteiger partial charge on any atom is 0.255 e. The molecule has 1 amide bonds. The molecule has 1 fully saturated rings. The molecule has 3 aliphatic carbocycles. The summed E-state index contributed by atoms with van der Waals surface area (Å²) in [6, 6.07) is 4.56. The lowest BCUT2D eigenvalue weighted by molar-refractivity contribution is -0.162. The number of fused-ring (bicyclic) bond motifs is 3. The number of Topliss-reactive ketones (excluding diaryl/α,β-unsaturated/α-hetero) is 2. The highest BCUT2D eigenvalue weighted by Gasteiger charge is 2.65. The van der Waals surface area contributed by atoms with Gasteiger partial charge in [0.15, 0.2) is 5.60 Å². The lowest BCUT2D eigenvalue weighted by atomic mass is 9.57. The van der Waals surface area contributed by atoms with Crippen molar-refractivity contribution in [3.8, 4) is 5.75 Å². The number of carbonyl (C=O) groups excluding carboxylic acids is 3. The number of carbonyl (C=O) groups is 3. The van der Waals surface area contributed by atoms with E-state index in [9.17, 15) is 24.6 Å². The Hall–Kier alpha value is -3.17. The smallest absolute Gasteiger partial charge is 0.255 e. The molecule has 3 aliphatic rings. The van der Waals surface area contributed by atoms with Crippen LogP contribution in [-0.2, 0) is 25.5 Å². The predicted octanol–water partition coefficient (Wildman–Crippen LogP) is 0.355. The molecule has 1 aromatic carbocycles. The van der Waals surface area contributed by atoms with Gasteiger partial charge in [-0.25, -0.2) is 0 Å². The van der Waals surface area contributed by atoms with Gasteiger partial charge in [0.05, 0.1) is 25.8 Å².